The van der Waals surface area contributed by atoms with E-state index in [2.05, 4.69) is 207 Å². The molecule has 0 saturated carbocycles. The van der Waals surface area contributed by atoms with Crippen LogP contribution in [-0.2, 0) is 32.5 Å². The topological polar surface area (TPSA) is 43.1 Å². The molecule has 6 aromatic carbocycles. The van der Waals surface area contributed by atoms with Crippen molar-refractivity contribution in [3.63, 3.8) is 0 Å². The highest BCUT2D eigenvalue weighted by molar-refractivity contribution is 5.46. The lowest BCUT2D eigenvalue weighted by Gasteiger charge is -2.21. The van der Waals surface area contributed by atoms with Gasteiger partial charge in [0, 0.05) is 17.2 Å². The van der Waals surface area contributed by atoms with Crippen LogP contribution >= 0.6 is 0 Å². The molecule has 8 heteroatoms. The van der Waals surface area contributed by atoms with E-state index in [4.69, 9.17) is 0 Å². The summed E-state index contributed by atoms with van der Waals surface area (Å²) in [5, 5.41) is 10.8. The Morgan fingerprint density at radius 3 is 0.836 bits per heavy atom. The number of rotatable bonds is 1. The van der Waals surface area contributed by atoms with Crippen molar-refractivity contribution in [2.45, 2.75) is 192 Å². The van der Waals surface area contributed by atoms with Crippen LogP contribution in [0.2, 0.25) is 0 Å². The molecule has 6 aromatic rings. The van der Waals surface area contributed by atoms with Crippen LogP contribution in [0.3, 0.4) is 0 Å². The second kappa shape index (κ2) is 27.6. The average molecular weight is 1010 g/mol. The molecule has 0 radical (unpaired) electrons. The van der Waals surface area contributed by atoms with E-state index in [0.29, 0.717) is 5.41 Å². The highest BCUT2D eigenvalue weighted by Gasteiger charge is 2.32. The standard InChI is InChI=1S/C11H15NO2.3C11H16.C10H9F5.C10H14.CH4/c1-8-5-6-9(11(2,3)4)10(7-8)12(13)14;3*1-9-5-7-10(8-6-9)11(2,3)4;1-10(2,3)4-5(11)7(13)9(15)8(14)6(4)12;1-10(2,3)9-7-5-4-6-8-9;/h5-7H,1-4H3;3*5-8H,1-4H3;1-3H3;4-8H,1-3H3;1H4. The van der Waals surface area contributed by atoms with Gasteiger partial charge in [0.05, 0.1) is 4.92 Å². The lowest BCUT2D eigenvalue weighted by atomic mass is 9.85. The van der Waals surface area contributed by atoms with Crippen molar-refractivity contribution in [2.75, 3.05) is 0 Å². The Morgan fingerprint density at radius 2 is 0.603 bits per heavy atom. The Balaban J connectivity index is 0.000000855. The van der Waals surface area contributed by atoms with Crippen molar-refractivity contribution < 1.29 is 26.9 Å². The third-order valence-electron chi connectivity index (χ3n) is 11.5. The van der Waals surface area contributed by atoms with Crippen LogP contribution in [0.1, 0.15) is 188 Å². The fourth-order valence-electron chi connectivity index (χ4n) is 6.79. The van der Waals surface area contributed by atoms with Crippen molar-refractivity contribution in [1.29, 1.82) is 0 Å². The van der Waals surface area contributed by atoms with Gasteiger partial charge in [-0.05, 0) is 88.0 Å². The molecule has 0 fully saturated rings. The summed E-state index contributed by atoms with van der Waals surface area (Å²) in [6.07, 6.45) is 0. The zero-order valence-electron chi connectivity index (χ0n) is 47.7. The molecule has 402 valence electrons. The van der Waals surface area contributed by atoms with E-state index in [9.17, 15) is 32.1 Å². The number of halogens is 5. The van der Waals surface area contributed by atoms with Gasteiger partial charge in [0.2, 0.25) is 5.82 Å². The summed E-state index contributed by atoms with van der Waals surface area (Å²) in [4.78, 5) is 10.5. The molecular formula is C65H90F5NO2. The van der Waals surface area contributed by atoms with Crippen molar-refractivity contribution >= 4 is 5.69 Å². The van der Waals surface area contributed by atoms with Crippen molar-refractivity contribution in [3.8, 4) is 0 Å². The second-order valence-corrected chi connectivity index (χ2v) is 24.7. The number of nitro benzene ring substituents is 1. The second-order valence-electron chi connectivity index (χ2n) is 24.7. The zero-order chi connectivity index (χ0) is 56.0. The van der Waals surface area contributed by atoms with Crippen molar-refractivity contribution in [3.05, 3.63) is 216 Å². The SMILES string of the molecule is C.CC(C)(C)c1c(F)c(F)c(F)c(F)c1F.CC(C)(C)c1ccccc1.Cc1ccc(C(C)(C)C)c([N+](=O)[O-])c1.Cc1ccc(C(C)(C)C)cc1.Cc1ccc(C(C)(C)C)cc1.Cc1ccc(C(C)(C)C)cc1. The van der Waals surface area contributed by atoms with Crippen LogP contribution in [0.5, 0.6) is 0 Å². The lowest BCUT2D eigenvalue weighted by Crippen LogP contribution is -2.20. The summed E-state index contributed by atoms with van der Waals surface area (Å²) in [6.45, 7) is 45.0. The molecule has 0 spiro atoms. The van der Waals surface area contributed by atoms with Gasteiger partial charge in [0.15, 0.2) is 23.3 Å². The number of aryl methyl sites for hydroxylation is 4. The Morgan fingerprint density at radius 1 is 0.342 bits per heavy atom. The summed E-state index contributed by atoms with van der Waals surface area (Å²) >= 11 is 0. The van der Waals surface area contributed by atoms with Crippen LogP contribution in [0.25, 0.3) is 0 Å². The molecule has 0 unspecified atom stereocenters. The molecule has 0 aromatic heterocycles. The first kappa shape index (κ1) is 67.4. The maximum absolute atomic E-state index is 13.2. The Labute approximate surface area is 439 Å². The van der Waals surface area contributed by atoms with E-state index in [1.54, 1.807) is 6.07 Å². The van der Waals surface area contributed by atoms with Gasteiger partial charge >= 0.3 is 0 Å². The van der Waals surface area contributed by atoms with Gasteiger partial charge in [-0.3, -0.25) is 10.1 Å². The highest BCUT2D eigenvalue weighted by Crippen LogP contribution is 2.33. The fraction of sp³-hybridized carbons (Fsp3) is 0.446. The molecule has 0 aliphatic rings. The molecule has 73 heavy (non-hydrogen) atoms. The molecule has 0 bridgehead atoms. The highest BCUT2D eigenvalue weighted by atomic mass is 19.2. The molecule has 3 nitrogen and oxygen atoms in total. The zero-order valence-corrected chi connectivity index (χ0v) is 47.7. The quantitative estimate of drug-likeness (QED) is 0.0542. The van der Waals surface area contributed by atoms with Crippen LogP contribution < -0.4 is 0 Å². The van der Waals surface area contributed by atoms with Crippen molar-refractivity contribution in [2.24, 2.45) is 0 Å². The van der Waals surface area contributed by atoms with E-state index < -0.39 is 40.1 Å². The van der Waals surface area contributed by atoms with Gasteiger partial charge in [0.25, 0.3) is 5.69 Å². The number of benzene rings is 6. The molecule has 0 saturated heterocycles. The maximum atomic E-state index is 13.2. The summed E-state index contributed by atoms with van der Waals surface area (Å²) in [5.74, 6) is -9.46. The fourth-order valence-corrected chi connectivity index (χ4v) is 6.79. The van der Waals surface area contributed by atoms with E-state index in [1.807, 2.05) is 39.8 Å². The van der Waals surface area contributed by atoms with Crippen LogP contribution in [0, 0.1) is 66.9 Å². The molecule has 0 aliphatic heterocycles. The van der Waals surface area contributed by atoms with Gasteiger partial charge in [-0.1, -0.05) is 264 Å². The van der Waals surface area contributed by atoms with Gasteiger partial charge in [-0.15, -0.1) is 0 Å². The van der Waals surface area contributed by atoms with Crippen molar-refractivity contribution in [1.82, 2.24) is 0 Å². The first-order valence-corrected chi connectivity index (χ1v) is 24.6. The molecule has 0 N–H and O–H groups in total. The van der Waals surface area contributed by atoms with Gasteiger partial charge in [-0.2, -0.15) is 0 Å². The molecule has 0 heterocycles. The summed E-state index contributed by atoms with van der Waals surface area (Å²) < 4.78 is 64.6. The van der Waals surface area contributed by atoms with Gasteiger partial charge in [-0.25, -0.2) is 22.0 Å². The minimum Gasteiger partial charge on any atom is -0.258 e. The number of hydrogen-bond donors (Lipinski definition) is 0. The number of nitrogens with zero attached hydrogens (tertiary/aromatic N) is 1. The van der Waals surface area contributed by atoms with E-state index >= 15 is 0 Å². The number of nitro groups is 1. The minimum atomic E-state index is -2.13. The lowest BCUT2D eigenvalue weighted by molar-refractivity contribution is -0.386. The van der Waals surface area contributed by atoms with Crippen LogP contribution in [0.15, 0.2) is 121 Å². The molecular weight excluding hydrogens is 922 g/mol. The predicted molar refractivity (Wildman–Crippen MR) is 303 cm³/mol. The predicted octanol–water partition coefficient (Wildman–Crippen LogP) is 20.4. The molecule has 0 atom stereocenters. The van der Waals surface area contributed by atoms with Gasteiger partial charge in [0.1, 0.15) is 0 Å². The molecule has 0 aliphatic carbocycles. The summed E-state index contributed by atoms with van der Waals surface area (Å²) in [5.41, 5.74) is 10.6. The smallest absolute Gasteiger partial charge is 0.258 e. The third kappa shape index (κ3) is 23.0. The monoisotopic (exact) mass is 1010 g/mol. The molecule has 6 rings (SSSR count). The molecule has 0 amide bonds. The minimum absolute atomic E-state index is 0. The summed E-state index contributed by atoms with van der Waals surface area (Å²) in [6, 6.07) is 42.2. The van der Waals surface area contributed by atoms with E-state index in [1.165, 1.54) is 59.7 Å². The summed E-state index contributed by atoms with van der Waals surface area (Å²) in [7, 11) is 0. The number of hydrogen-bond acceptors (Lipinski definition) is 2. The van der Waals surface area contributed by atoms with E-state index in [-0.39, 0.29) is 39.7 Å². The first-order chi connectivity index (χ1) is 32.6. The largest absolute Gasteiger partial charge is 0.273 e. The Bertz CT molecular complexity index is 2430. The van der Waals surface area contributed by atoms with Gasteiger partial charge < -0.3 is 0 Å². The van der Waals surface area contributed by atoms with Crippen LogP contribution in [0.4, 0.5) is 27.6 Å². The third-order valence-corrected chi connectivity index (χ3v) is 11.5. The Hall–Kier alpha value is -5.63. The normalized spacial score (nSPS) is 11.5. The first-order valence-electron chi connectivity index (χ1n) is 24.6. The Kier molecular flexibility index (Phi) is 25.5. The van der Waals surface area contributed by atoms with Crippen LogP contribution in [-0.4, -0.2) is 4.92 Å². The van der Waals surface area contributed by atoms with E-state index in [0.717, 1.165) is 11.1 Å². The average Bonchev–Trinajstić information content (AvgIpc) is 3.25. The maximum Gasteiger partial charge on any atom is 0.273 e.